The molecule has 1 rings (SSSR count). The second kappa shape index (κ2) is 6.32. The molecule has 0 aromatic rings. The second-order valence-corrected chi connectivity index (χ2v) is 3.81. The highest BCUT2D eigenvalue weighted by Crippen LogP contribution is 2.19. The number of ether oxygens (including phenoxy) is 1. The summed E-state index contributed by atoms with van der Waals surface area (Å²) in [5.41, 5.74) is 0. The minimum Gasteiger partial charge on any atom is -0.462 e. The van der Waals surface area contributed by atoms with Gasteiger partial charge in [-0.05, 0) is 19.3 Å². The van der Waals surface area contributed by atoms with Gasteiger partial charge in [-0.1, -0.05) is 0 Å². The van der Waals surface area contributed by atoms with Gasteiger partial charge < -0.3 is 9.53 Å². The van der Waals surface area contributed by atoms with Crippen LogP contribution in [0.1, 0.15) is 44.9 Å². The summed E-state index contributed by atoms with van der Waals surface area (Å²) in [6.07, 6.45) is 5.08. The van der Waals surface area contributed by atoms with Crippen molar-refractivity contribution in [2.45, 2.75) is 51.0 Å². The first-order chi connectivity index (χ1) is 7.22. The maximum absolute atomic E-state index is 11.2. The van der Waals surface area contributed by atoms with Gasteiger partial charge in [0, 0.05) is 19.3 Å². The molecule has 1 atom stereocenters. The van der Waals surface area contributed by atoms with E-state index in [9.17, 15) is 14.4 Å². The molecule has 4 heteroatoms. The molecule has 0 aromatic carbocycles. The van der Waals surface area contributed by atoms with Gasteiger partial charge in [-0.25, -0.2) is 0 Å². The molecule has 1 aliphatic rings. The van der Waals surface area contributed by atoms with Gasteiger partial charge in [0.15, 0.2) is 0 Å². The van der Waals surface area contributed by atoms with Crippen LogP contribution < -0.4 is 0 Å². The number of carbonyl (C=O) groups excluding carboxylic acids is 3. The summed E-state index contributed by atoms with van der Waals surface area (Å²) in [5, 5.41) is 0. The van der Waals surface area contributed by atoms with Crippen LogP contribution in [0.25, 0.3) is 0 Å². The Morgan fingerprint density at radius 3 is 2.67 bits per heavy atom. The number of hydrogen-bond donors (Lipinski definition) is 0. The average molecular weight is 212 g/mol. The van der Waals surface area contributed by atoms with Crippen LogP contribution in [0.4, 0.5) is 0 Å². The van der Waals surface area contributed by atoms with Crippen LogP contribution in [-0.4, -0.2) is 24.1 Å². The van der Waals surface area contributed by atoms with E-state index in [1.165, 1.54) is 0 Å². The summed E-state index contributed by atoms with van der Waals surface area (Å²) < 4.78 is 4.82. The number of unbranched alkanes of at least 4 members (excludes halogenated alkanes) is 1. The Bertz CT molecular complexity index is 239. The summed E-state index contributed by atoms with van der Waals surface area (Å²) in [4.78, 5) is 31.7. The van der Waals surface area contributed by atoms with Gasteiger partial charge in [-0.2, -0.15) is 0 Å². The number of carbonyl (C=O) groups is 3. The summed E-state index contributed by atoms with van der Waals surface area (Å²) >= 11 is 0. The Morgan fingerprint density at radius 2 is 2.07 bits per heavy atom. The molecule has 1 aliphatic heterocycles. The van der Waals surface area contributed by atoms with Crippen molar-refractivity contribution in [3.8, 4) is 0 Å². The van der Waals surface area contributed by atoms with Crippen molar-refractivity contribution in [2.24, 2.45) is 0 Å². The average Bonchev–Trinajstić information content (AvgIpc) is 2.15. The first-order valence-electron chi connectivity index (χ1n) is 5.37. The molecule has 0 radical (unpaired) electrons. The molecule has 1 fully saturated rings. The molecule has 4 nitrogen and oxygen atoms in total. The van der Waals surface area contributed by atoms with Crippen molar-refractivity contribution in [1.82, 2.24) is 0 Å². The number of hydrogen-bond acceptors (Lipinski definition) is 4. The number of Topliss-reactive ketones (excluding diaryl/α,β-unsaturated/α-hetero) is 1. The van der Waals surface area contributed by atoms with Crippen LogP contribution in [0.15, 0.2) is 0 Å². The quantitative estimate of drug-likeness (QED) is 0.347. The van der Waals surface area contributed by atoms with Crippen LogP contribution >= 0.6 is 0 Å². The lowest BCUT2D eigenvalue weighted by atomic mass is 10.0. The Balaban J connectivity index is 1.92. The zero-order chi connectivity index (χ0) is 11.1. The molecule has 0 bridgehead atoms. The lowest BCUT2D eigenvalue weighted by molar-refractivity contribution is -0.169. The van der Waals surface area contributed by atoms with Crippen LogP contribution in [0.3, 0.4) is 0 Å². The van der Waals surface area contributed by atoms with Crippen LogP contribution in [0, 0.1) is 0 Å². The van der Waals surface area contributed by atoms with Gasteiger partial charge in [0.2, 0.25) is 0 Å². The monoisotopic (exact) mass is 212 g/mol. The van der Waals surface area contributed by atoms with Crippen LogP contribution in [0.5, 0.6) is 0 Å². The van der Waals surface area contributed by atoms with Gasteiger partial charge in [0.1, 0.15) is 18.2 Å². The minimum atomic E-state index is -0.141. The lowest BCUT2D eigenvalue weighted by Gasteiger charge is -2.25. The number of ketones is 1. The highest BCUT2D eigenvalue weighted by Gasteiger charge is 2.27. The van der Waals surface area contributed by atoms with Gasteiger partial charge >= 0.3 is 5.97 Å². The molecular weight excluding hydrogens is 196 g/mol. The Morgan fingerprint density at radius 1 is 1.40 bits per heavy atom. The van der Waals surface area contributed by atoms with E-state index in [4.69, 9.17) is 4.74 Å². The van der Waals surface area contributed by atoms with Gasteiger partial charge in [-0.15, -0.1) is 0 Å². The summed E-state index contributed by atoms with van der Waals surface area (Å²) in [5.74, 6) is 0.0554. The minimum absolute atomic E-state index is 0.0419. The molecule has 0 amide bonds. The zero-order valence-electron chi connectivity index (χ0n) is 8.74. The van der Waals surface area contributed by atoms with Crippen molar-refractivity contribution in [1.29, 1.82) is 0 Å². The van der Waals surface area contributed by atoms with E-state index in [1.807, 2.05) is 0 Å². The molecule has 15 heavy (non-hydrogen) atoms. The van der Waals surface area contributed by atoms with E-state index in [0.717, 1.165) is 19.1 Å². The third-order valence-corrected chi connectivity index (χ3v) is 2.45. The summed E-state index contributed by atoms with van der Waals surface area (Å²) in [7, 11) is 0. The maximum atomic E-state index is 11.2. The predicted molar refractivity (Wildman–Crippen MR) is 53.3 cm³/mol. The lowest BCUT2D eigenvalue weighted by Crippen LogP contribution is -2.32. The van der Waals surface area contributed by atoms with Gasteiger partial charge in [0.25, 0.3) is 0 Å². The number of aldehydes is 1. The maximum Gasteiger partial charge on any atom is 0.309 e. The van der Waals surface area contributed by atoms with E-state index < -0.39 is 0 Å². The predicted octanol–water partition coefficient (Wildman–Crippen LogP) is 1.41. The standard InChI is InChI=1S/C11H16O4/c12-7-2-1-4-9(13)5-3-6-10-8-11(14)15-10/h7,10H,1-6,8H2. The van der Waals surface area contributed by atoms with E-state index in [-0.39, 0.29) is 17.9 Å². The first kappa shape index (κ1) is 11.9. The van der Waals surface area contributed by atoms with E-state index >= 15 is 0 Å². The molecule has 0 spiro atoms. The molecule has 0 N–H and O–H groups in total. The third kappa shape index (κ3) is 4.72. The van der Waals surface area contributed by atoms with Gasteiger partial charge in [-0.3, -0.25) is 9.59 Å². The number of esters is 1. The highest BCUT2D eigenvalue weighted by molar-refractivity contribution is 5.78. The Hall–Kier alpha value is -1.19. The van der Waals surface area contributed by atoms with Crippen molar-refractivity contribution in [3.63, 3.8) is 0 Å². The van der Waals surface area contributed by atoms with Crippen molar-refractivity contribution in [2.75, 3.05) is 0 Å². The zero-order valence-corrected chi connectivity index (χ0v) is 8.74. The van der Waals surface area contributed by atoms with Crippen molar-refractivity contribution < 1.29 is 19.1 Å². The Kier molecular flexibility index (Phi) is 5.01. The third-order valence-electron chi connectivity index (χ3n) is 2.45. The molecule has 0 saturated carbocycles. The van der Waals surface area contributed by atoms with Crippen molar-refractivity contribution >= 4 is 18.0 Å². The van der Waals surface area contributed by atoms with Crippen molar-refractivity contribution in [3.05, 3.63) is 0 Å². The molecule has 1 unspecified atom stereocenters. The van der Waals surface area contributed by atoms with E-state index in [0.29, 0.717) is 32.1 Å². The first-order valence-corrected chi connectivity index (χ1v) is 5.37. The van der Waals surface area contributed by atoms with Crippen LogP contribution in [0.2, 0.25) is 0 Å². The normalized spacial score (nSPS) is 19.2. The largest absolute Gasteiger partial charge is 0.462 e. The molecule has 84 valence electrons. The fourth-order valence-corrected chi connectivity index (χ4v) is 1.56. The fraction of sp³-hybridized carbons (Fsp3) is 0.727. The molecule has 0 aliphatic carbocycles. The molecule has 0 aromatic heterocycles. The Labute approximate surface area is 89.0 Å². The van der Waals surface area contributed by atoms with Crippen LogP contribution in [-0.2, 0) is 19.1 Å². The smallest absolute Gasteiger partial charge is 0.309 e. The molecule has 1 heterocycles. The molecule has 1 saturated heterocycles. The highest BCUT2D eigenvalue weighted by atomic mass is 16.6. The SMILES string of the molecule is O=CCCCC(=O)CCCC1CC(=O)O1. The number of rotatable bonds is 8. The molecular formula is C11H16O4. The summed E-state index contributed by atoms with van der Waals surface area (Å²) in [6, 6.07) is 0. The van der Waals surface area contributed by atoms with E-state index in [2.05, 4.69) is 0 Å². The second-order valence-electron chi connectivity index (χ2n) is 3.81. The summed E-state index contributed by atoms with van der Waals surface area (Å²) in [6.45, 7) is 0. The number of cyclic esters (lactones) is 1. The van der Waals surface area contributed by atoms with E-state index in [1.54, 1.807) is 0 Å². The topological polar surface area (TPSA) is 60.4 Å². The van der Waals surface area contributed by atoms with Gasteiger partial charge in [0.05, 0.1) is 6.42 Å². The fourth-order valence-electron chi connectivity index (χ4n) is 1.56.